The Balaban J connectivity index is 2.70. The predicted molar refractivity (Wildman–Crippen MR) is 59.1 cm³/mol. The van der Waals surface area contributed by atoms with Crippen LogP contribution in [0.15, 0.2) is 24.3 Å². The number of hydrogen-bond donors (Lipinski definition) is 1. The van der Waals surface area contributed by atoms with Gasteiger partial charge in [0.1, 0.15) is 11.7 Å². The van der Waals surface area contributed by atoms with Crippen molar-refractivity contribution in [1.82, 2.24) is 5.32 Å². The molecule has 0 fully saturated rings. The summed E-state index contributed by atoms with van der Waals surface area (Å²) in [4.78, 5) is 23.5. The summed E-state index contributed by atoms with van der Waals surface area (Å²) in [6, 6.07) is 4.70. The third kappa shape index (κ3) is 3.20. The number of carbonyl (C=O) groups is 2. The van der Waals surface area contributed by atoms with Crippen LogP contribution in [-0.4, -0.2) is 24.9 Å². The fourth-order valence-corrected chi connectivity index (χ4v) is 1.09. The maximum absolute atomic E-state index is 12.6. The minimum atomic E-state index is -0.614. The van der Waals surface area contributed by atoms with Crippen molar-refractivity contribution >= 4 is 29.2 Å². The molecule has 1 N–H and O–H groups in total. The molecule has 0 aliphatic rings. The maximum Gasteiger partial charge on any atom is 0.328 e. The van der Waals surface area contributed by atoms with Crippen molar-refractivity contribution in [3.8, 4) is 0 Å². The Hall–Kier alpha value is -1.62. The van der Waals surface area contributed by atoms with E-state index in [0.29, 0.717) is 5.69 Å². The van der Waals surface area contributed by atoms with Gasteiger partial charge >= 0.3 is 6.03 Å². The van der Waals surface area contributed by atoms with Crippen LogP contribution in [-0.2, 0) is 4.79 Å². The number of urea groups is 1. The van der Waals surface area contributed by atoms with Crippen LogP contribution in [0.5, 0.6) is 0 Å². The van der Waals surface area contributed by atoms with E-state index in [1.807, 2.05) is 0 Å². The van der Waals surface area contributed by atoms with Crippen LogP contribution in [0.25, 0.3) is 0 Å². The van der Waals surface area contributed by atoms with Crippen LogP contribution in [0.2, 0.25) is 0 Å². The van der Waals surface area contributed by atoms with E-state index in [1.165, 1.54) is 36.2 Å². The van der Waals surface area contributed by atoms with Gasteiger partial charge in [0.2, 0.25) is 5.91 Å². The number of nitrogens with zero attached hydrogens (tertiary/aromatic N) is 1. The molecule has 4 nitrogen and oxygen atoms in total. The van der Waals surface area contributed by atoms with Gasteiger partial charge in [0.25, 0.3) is 0 Å². The van der Waals surface area contributed by atoms with Crippen LogP contribution in [0.1, 0.15) is 0 Å². The summed E-state index contributed by atoms with van der Waals surface area (Å²) >= 11 is 5.24. The van der Waals surface area contributed by atoms with Crippen molar-refractivity contribution < 1.29 is 14.0 Å². The minimum Gasteiger partial charge on any atom is -0.297 e. The molecule has 0 heterocycles. The van der Waals surface area contributed by atoms with E-state index in [0.717, 1.165) is 0 Å². The third-order valence-corrected chi connectivity index (χ3v) is 2.13. The second-order valence-corrected chi connectivity index (χ2v) is 3.29. The normalized spacial score (nSPS) is 9.69. The standard InChI is InChI=1S/C10H10ClFN2O2/c1-14(10(16)13-9(15)6-11)8-4-2-7(12)3-5-8/h2-5H,6H2,1H3,(H,13,15,16). The Labute approximate surface area is 97.0 Å². The Morgan fingerprint density at radius 2 is 1.94 bits per heavy atom. The Morgan fingerprint density at radius 3 is 2.44 bits per heavy atom. The number of alkyl halides is 1. The molecule has 1 aromatic rings. The van der Waals surface area contributed by atoms with Crippen molar-refractivity contribution in [2.45, 2.75) is 0 Å². The van der Waals surface area contributed by atoms with Gasteiger partial charge in [-0.25, -0.2) is 9.18 Å². The van der Waals surface area contributed by atoms with E-state index in [9.17, 15) is 14.0 Å². The maximum atomic E-state index is 12.6. The van der Waals surface area contributed by atoms with E-state index < -0.39 is 17.8 Å². The zero-order valence-electron chi connectivity index (χ0n) is 8.54. The average molecular weight is 245 g/mol. The van der Waals surface area contributed by atoms with Crippen LogP contribution < -0.4 is 10.2 Å². The second-order valence-electron chi connectivity index (χ2n) is 3.02. The van der Waals surface area contributed by atoms with E-state index >= 15 is 0 Å². The molecule has 86 valence electrons. The molecule has 0 unspecified atom stereocenters. The number of halogens is 2. The lowest BCUT2D eigenvalue weighted by Crippen LogP contribution is -2.41. The molecule has 6 heteroatoms. The van der Waals surface area contributed by atoms with Crippen LogP contribution in [0.3, 0.4) is 0 Å². The Morgan fingerprint density at radius 1 is 1.38 bits per heavy atom. The number of nitrogens with one attached hydrogen (secondary N) is 1. The van der Waals surface area contributed by atoms with Crippen molar-refractivity contribution in [2.24, 2.45) is 0 Å². The highest BCUT2D eigenvalue weighted by atomic mass is 35.5. The van der Waals surface area contributed by atoms with Crippen molar-refractivity contribution in [3.05, 3.63) is 30.1 Å². The zero-order chi connectivity index (χ0) is 12.1. The first-order valence-corrected chi connectivity index (χ1v) is 4.97. The van der Waals surface area contributed by atoms with E-state index in [2.05, 4.69) is 5.32 Å². The Kier molecular flexibility index (Phi) is 4.25. The van der Waals surface area contributed by atoms with E-state index in [1.54, 1.807) is 0 Å². The smallest absolute Gasteiger partial charge is 0.297 e. The van der Waals surface area contributed by atoms with Crippen LogP contribution in [0.4, 0.5) is 14.9 Å². The average Bonchev–Trinajstić information content (AvgIpc) is 2.28. The van der Waals surface area contributed by atoms with Gasteiger partial charge < -0.3 is 0 Å². The molecule has 0 radical (unpaired) electrons. The summed E-state index contributed by atoms with van der Waals surface area (Å²) in [6.07, 6.45) is 0. The highest BCUT2D eigenvalue weighted by Crippen LogP contribution is 2.12. The van der Waals surface area contributed by atoms with Crippen molar-refractivity contribution in [2.75, 3.05) is 17.8 Å². The monoisotopic (exact) mass is 244 g/mol. The quantitative estimate of drug-likeness (QED) is 0.806. The second kappa shape index (κ2) is 5.46. The van der Waals surface area contributed by atoms with E-state index in [-0.39, 0.29) is 5.88 Å². The molecule has 1 rings (SSSR count). The largest absolute Gasteiger partial charge is 0.328 e. The molecule has 0 atom stereocenters. The van der Waals surface area contributed by atoms with Gasteiger partial charge in [-0.15, -0.1) is 11.6 Å². The first-order valence-electron chi connectivity index (χ1n) is 4.43. The number of benzene rings is 1. The molecular formula is C10H10ClFN2O2. The molecule has 0 aromatic heterocycles. The summed E-state index contributed by atoms with van der Waals surface area (Å²) in [5.74, 6) is -1.27. The van der Waals surface area contributed by atoms with Gasteiger partial charge in [-0.2, -0.15) is 0 Å². The lowest BCUT2D eigenvalue weighted by atomic mass is 10.3. The lowest BCUT2D eigenvalue weighted by Gasteiger charge is -2.16. The fraction of sp³-hybridized carbons (Fsp3) is 0.200. The van der Waals surface area contributed by atoms with Gasteiger partial charge in [0, 0.05) is 12.7 Å². The Bertz CT molecular complexity index is 394. The molecule has 0 spiro atoms. The molecule has 0 saturated heterocycles. The topological polar surface area (TPSA) is 49.4 Å². The number of anilines is 1. The molecule has 3 amide bonds. The van der Waals surface area contributed by atoms with Crippen LogP contribution in [0, 0.1) is 5.82 Å². The molecule has 0 bridgehead atoms. The molecule has 16 heavy (non-hydrogen) atoms. The summed E-state index contributed by atoms with van der Waals surface area (Å²) in [5.41, 5.74) is 0.473. The van der Waals surface area contributed by atoms with Gasteiger partial charge in [0.05, 0.1) is 0 Å². The van der Waals surface area contributed by atoms with Crippen molar-refractivity contribution in [1.29, 1.82) is 0 Å². The summed E-state index contributed by atoms with van der Waals surface area (Å²) in [5, 5.41) is 2.06. The van der Waals surface area contributed by atoms with Gasteiger partial charge in [-0.3, -0.25) is 15.0 Å². The lowest BCUT2D eigenvalue weighted by molar-refractivity contribution is -0.117. The van der Waals surface area contributed by atoms with Gasteiger partial charge in [0.15, 0.2) is 0 Å². The molecule has 0 aliphatic heterocycles. The third-order valence-electron chi connectivity index (χ3n) is 1.89. The number of rotatable bonds is 2. The SMILES string of the molecule is CN(C(=O)NC(=O)CCl)c1ccc(F)cc1. The fourth-order valence-electron chi connectivity index (χ4n) is 1.02. The van der Waals surface area contributed by atoms with Crippen molar-refractivity contribution in [3.63, 3.8) is 0 Å². The van der Waals surface area contributed by atoms with Gasteiger partial charge in [-0.1, -0.05) is 0 Å². The zero-order valence-corrected chi connectivity index (χ0v) is 9.29. The minimum absolute atomic E-state index is 0.289. The van der Waals surface area contributed by atoms with Crippen LogP contribution >= 0.6 is 11.6 Å². The molecule has 1 aromatic carbocycles. The summed E-state index contributed by atoms with van der Waals surface area (Å²) in [7, 11) is 1.46. The number of imide groups is 1. The number of hydrogen-bond acceptors (Lipinski definition) is 2. The number of amides is 3. The predicted octanol–water partition coefficient (Wildman–Crippen LogP) is 1.74. The summed E-state index contributed by atoms with van der Waals surface area (Å²) in [6.45, 7) is 0. The molecule has 0 saturated carbocycles. The highest BCUT2D eigenvalue weighted by molar-refractivity contribution is 6.28. The van der Waals surface area contributed by atoms with Gasteiger partial charge in [-0.05, 0) is 24.3 Å². The molecular weight excluding hydrogens is 235 g/mol. The highest BCUT2D eigenvalue weighted by Gasteiger charge is 2.13. The number of carbonyl (C=O) groups excluding carboxylic acids is 2. The first-order chi connectivity index (χ1) is 7.54. The molecule has 0 aliphatic carbocycles. The van der Waals surface area contributed by atoms with E-state index in [4.69, 9.17) is 11.6 Å². The first kappa shape index (κ1) is 12.4. The summed E-state index contributed by atoms with van der Waals surface area (Å²) < 4.78 is 12.6.